The summed E-state index contributed by atoms with van der Waals surface area (Å²) in [5.41, 5.74) is 1.66. The topological polar surface area (TPSA) is 29.1 Å². The average molecular weight is 317 g/mol. The van der Waals surface area contributed by atoms with E-state index in [1.54, 1.807) is 0 Å². The first-order valence-electron chi connectivity index (χ1n) is 9.44. The fraction of sp³-hybridized carbons (Fsp3) is 0.619. The molecule has 1 radical (unpaired) electrons. The Morgan fingerprint density at radius 2 is 1.30 bits per heavy atom. The van der Waals surface area contributed by atoms with Crippen LogP contribution in [0.3, 0.4) is 0 Å². The first-order valence-corrected chi connectivity index (χ1v) is 9.44. The lowest BCUT2D eigenvalue weighted by atomic mass is 10.1. The molecular weight excluding hydrogens is 282 g/mol. The predicted octanol–water partition coefficient (Wildman–Crippen LogP) is 5.91. The molecular formula is C21H34NO. The van der Waals surface area contributed by atoms with E-state index in [4.69, 9.17) is 0 Å². The molecule has 129 valence electrons. The zero-order chi connectivity index (χ0) is 16.8. The second-order valence-corrected chi connectivity index (χ2v) is 6.49. The number of unbranched alkanes of at least 4 members (excludes halogenated alkanes) is 10. The standard InChI is InChI=1S/C21H34NO/c1-3-4-5-6-7-8-9-10-11-12-13-18-22-21(23)20-16-14-19(2)15-17-20/h14-17H,2-13,18H2,1H3,(H,22,23). The van der Waals surface area contributed by atoms with E-state index in [1.807, 2.05) is 24.3 Å². The van der Waals surface area contributed by atoms with Gasteiger partial charge in [-0.15, -0.1) is 0 Å². The molecule has 1 aromatic carbocycles. The van der Waals surface area contributed by atoms with Crippen molar-refractivity contribution in [2.75, 3.05) is 6.54 Å². The summed E-state index contributed by atoms with van der Waals surface area (Å²) in [6.07, 6.45) is 14.6. The van der Waals surface area contributed by atoms with Gasteiger partial charge in [0, 0.05) is 12.1 Å². The summed E-state index contributed by atoms with van der Waals surface area (Å²) in [6.45, 7) is 6.87. The minimum atomic E-state index is 0.0251. The molecule has 0 aliphatic heterocycles. The first-order chi connectivity index (χ1) is 11.2. The number of carbonyl (C=O) groups excluding carboxylic acids is 1. The van der Waals surface area contributed by atoms with E-state index in [1.165, 1.54) is 64.2 Å². The number of hydrogen-bond acceptors (Lipinski definition) is 1. The highest BCUT2D eigenvalue weighted by atomic mass is 16.1. The molecule has 1 N–H and O–H groups in total. The fourth-order valence-electron chi connectivity index (χ4n) is 2.75. The van der Waals surface area contributed by atoms with Gasteiger partial charge in [0.05, 0.1) is 0 Å². The van der Waals surface area contributed by atoms with E-state index in [9.17, 15) is 4.79 Å². The average Bonchev–Trinajstić information content (AvgIpc) is 2.56. The lowest BCUT2D eigenvalue weighted by Crippen LogP contribution is -2.24. The van der Waals surface area contributed by atoms with E-state index in [-0.39, 0.29) is 5.91 Å². The zero-order valence-electron chi connectivity index (χ0n) is 14.9. The van der Waals surface area contributed by atoms with Crippen molar-refractivity contribution in [3.8, 4) is 0 Å². The Balaban J connectivity index is 1.89. The molecule has 1 aromatic rings. The van der Waals surface area contributed by atoms with E-state index in [2.05, 4.69) is 19.2 Å². The Kier molecular flexibility index (Phi) is 11.3. The van der Waals surface area contributed by atoms with Gasteiger partial charge >= 0.3 is 0 Å². The third-order valence-electron chi connectivity index (χ3n) is 4.28. The van der Waals surface area contributed by atoms with Crippen LogP contribution in [0, 0.1) is 6.92 Å². The summed E-state index contributed by atoms with van der Waals surface area (Å²) in [4.78, 5) is 11.9. The van der Waals surface area contributed by atoms with Gasteiger partial charge in [0.1, 0.15) is 0 Å². The lowest BCUT2D eigenvalue weighted by molar-refractivity contribution is 0.0953. The third kappa shape index (κ3) is 10.1. The monoisotopic (exact) mass is 316 g/mol. The Morgan fingerprint density at radius 1 is 0.826 bits per heavy atom. The van der Waals surface area contributed by atoms with Crippen LogP contribution in [0.1, 0.15) is 93.5 Å². The van der Waals surface area contributed by atoms with Crippen LogP contribution in [-0.2, 0) is 0 Å². The summed E-state index contributed by atoms with van der Waals surface area (Å²) >= 11 is 0. The highest BCUT2D eigenvalue weighted by Gasteiger charge is 2.03. The highest BCUT2D eigenvalue weighted by molar-refractivity contribution is 5.94. The van der Waals surface area contributed by atoms with Crippen molar-refractivity contribution in [3.05, 3.63) is 42.3 Å². The highest BCUT2D eigenvalue weighted by Crippen LogP contribution is 2.11. The van der Waals surface area contributed by atoms with Gasteiger partial charge in [0.2, 0.25) is 0 Å². The number of hydrogen-bond donors (Lipinski definition) is 1. The Bertz CT molecular complexity index is 410. The van der Waals surface area contributed by atoms with E-state index in [0.717, 1.165) is 24.1 Å². The van der Waals surface area contributed by atoms with Crippen molar-refractivity contribution in [2.24, 2.45) is 0 Å². The molecule has 0 fully saturated rings. The Labute approximate surface area is 143 Å². The van der Waals surface area contributed by atoms with Crippen LogP contribution in [0.25, 0.3) is 0 Å². The maximum absolute atomic E-state index is 11.9. The van der Waals surface area contributed by atoms with Gasteiger partial charge < -0.3 is 5.32 Å². The van der Waals surface area contributed by atoms with Crippen molar-refractivity contribution in [1.29, 1.82) is 0 Å². The van der Waals surface area contributed by atoms with Gasteiger partial charge in [-0.1, -0.05) is 83.3 Å². The molecule has 0 bridgehead atoms. The number of amides is 1. The molecule has 1 amide bonds. The minimum Gasteiger partial charge on any atom is -0.352 e. The molecule has 0 atom stereocenters. The molecule has 0 spiro atoms. The van der Waals surface area contributed by atoms with Crippen LogP contribution in [0.2, 0.25) is 0 Å². The normalized spacial score (nSPS) is 10.7. The minimum absolute atomic E-state index is 0.0251. The summed E-state index contributed by atoms with van der Waals surface area (Å²) in [6, 6.07) is 7.41. The van der Waals surface area contributed by atoms with Gasteiger partial charge in [-0.25, -0.2) is 0 Å². The van der Waals surface area contributed by atoms with Crippen LogP contribution in [-0.4, -0.2) is 12.5 Å². The van der Waals surface area contributed by atoms with Crippen molar-refractivity contribution >= 4 is 5.91 Å². The number of rotatable bonds is 13. The second-order valence-electron chi connectivity index (χ2n) is 6.49. The van der Waals surface area contributed by atoms with E-state index < -0.39 is 0 Å². The Hall–Kier alpha value is -1.31. The number of nitrogens with one attached hydrogen (secondary N) is 1. The SMILES string of the molecule is [CH2]c1ccc(C(=O)NCCCCCCCCCCCCC)cc1. The molecule has 0 saturated carbocycles. The van der Waals surface area contributed by atoms with Crippen molar-refractivity contribution in [1.82, 2.24) is 5.32 Å². The Morgan fingerprint density at radius 3 is 1.83 bits per heavy atom. The smallest absolute Gasteiger partial charge is 0.251 e. The van der Waals surface area contributed by atoms with E-state index in [0.29, 0.717) is 0 Å². The van der Waals surface area contributed by atoms with Gasteiger partial charge in [-0.3, -0.25) is 4.79 Å². The summed E-state index contributed by atoms with van der Waals surface area (Å²) in [7, 11) is 0. The number of benzene rings is 1. The van der Waals surface area contributed by atoms with Crippen LogP contribution < -0.4 is 5.32 Å². The molecule has 1 rings (SSSR count). The molecule has 0 aromatic heterocycles. The van der Waals surface area contributed by atoms with Crippen LogP contribution in [0.5, 0.6) is 0 Å². The van der Waals surface area contributed by atoms with Gasteiger partial charge in [-0.05, 0) is 31.0 Å². The quantitative estimate of drug-likeness (QED) is 0.450. The van der Waals surface area contributed by atoms with Gasteiger partial charge in [-0.2, -0.15) is 0 Å². The maximum atomic E-state index is 11.9. The molecule has 0 saturated heterocycles. The van der Waals surface area contributed by atoms with Gasteiger partial charge in [0.25, 0.3) is 5.91 Å². The molecule has 23 heavy (non-hydrogen) atoms. The van der Waals surface area contributed by atoms with Crippen molar-refractivity contribution in [3.63, 3.8) is 0 Å². The van der Waals surface area contributed by atoms with Crippen LogP contribution >= 0.6 is 0 Å². The fourth-order valence-corrected chi connectivity index (χ4v) is 2.75. The van der Waals surface area contributed by atoms with Crippen LogP contribution in [0.15, 0.2) is 24.3 Å². The molecule has 0 aliphatic rings. The van der Waals surface area contributed by atoms with Crippen molar-refractivity contribution < 1.29 is 4.79 Å². The maximum Gasteiger partial charge on any atom is 0.251 e. The zero-order valence-corrected chi connectivity index (χ0v) is 14.9. The summed E-state index contributed by atoms with van der Waals surface area (Å²) in [5.74, 6) is 0.0251. The second kappa shape index (κ2) is 13.2. The third-order valence-corrected chi connectivity index (χ3v) is 4.28. The summed E-state index contributed by atoms with van der Waals surface area (Å²) in [5, 5.41) is 2.99. The van der Waals surface area contributed by atoms with E-state index >= 15 is 0 Å². The van der Waals surface area contributed by atoms with Crippen molar-refractivity contribution in [2.45, 2.75) is 77.6 Å². The molecule has 0 aliphatic carbocycles. The molecule has 0 unspecified atom stereocenters. The molecule has 0 heterocycles. The molecule has 2 heteroatoms. The largest absolute Gasteiger partial charge is 0.352 e. The van der Waals surface area contributed by atoms with Crippen LogP contribution in [0.4, 0.5) is 0 Å². The lowest BCUT2D eigenvalue weighted by Gasteiger charge is -2.06. The number of carbonyl (C=O) groups is 1. The summed E-state index contributed by atoms with van der Waals surface area (Å²) < 4.78 is 0. The van der Waals surface area contributed by atoms with Gasteiger partial charge in [0.15, 0.2) is 0 Å². The predicted molar refractivity (Wildman–Crippen MR) is 99.7 cm³/mol. The first kappa shape index (κ1) is 19.7. The molecule has 2 nitrogen and oxygen atoms in total.